The Morgan fingerprint density at radius 1 is 1.30 bits per heavy atom. The molecule has 1 aromatic rings. The molecule has 2 saturated heterocycles. The lowest BCUT2D eigenvalue weighted by molar-refractivity contribution is -0.131. The van der Waals surface area contributed by atoms with Gasteiger partial charge in [0.1, 0.15) is 5.54 Å². The summed E-state index contributed by atoms with van der Waals surface area (Å²) in [5, 5.41) is 0.345. The van der Waals surface area contributed by atoms with Crippen LogP contribution in [0.1, 0.15) is 16.8 Å². The molecule has 0 spiro atoms. The molecule has 23 heavy (non-hydrogen) atoms. The molecule has 2 amide bonds. The normalized spacial score (nSPS) is 25.5. The minimum absolute atomic E-state index is 0.118. The van der Waals surface area contributed by atoms with E-state index in [0.717, 1.165) is 0 Å². The smallest absolute Gasteiger partial charge is 0.255 e. The molecule has 3 heterocycles. The third-order valence-electron chi connectivity index (χ3n) is 4.63. The molecule has 7 nitrogen and oxygen atoms in total. The predicted octanol–water partition coefficient (Wildman–Crippen LogP) is 0.137. The van der Waals surface area contributed by atoms with Crippen LogP contribution in [-0.2, 0) is 9.53 Å². The number of primary amides is 1. The topological polar surface area (TPSA) is 88.8 Å². The number of pyridine rings is 1. The van der Waals surface area contributed by atoms with Crippen molar-refractivity contribution >= 4 is 23.4 Å². The third-order valence-corrected chi connectivity index (χ3v) is 4.94. The summed E-state index contributed by atoms with van der Waals surface area (Å²) in [6, 6.07) is 1.62. The van der Waals surface area contributed by atoms with E-state index < -0.39 is 5.54 Å². The molecule has 1 aromatic heterocycles. The van der Waals surface area contributed by atoms with Gasteiger partial charge >= 0.3 is 0 Å². The van der Waals surface area contributed by atoms with Crippen LogP contribution < -0.4 is 5.73 Å². The van der Waals surface area contributed by atoms with Gasteiger partial charge in [0.25, 0.3) is 5.91 Å². The number of amides is 2. The highest BCUT2D eigenvalue weighted by atomic mass is 35.5. The van der Waals surface area contributed by atoms with Crippen molar-refractivity contribution in [1.29, 1.82) is 0 Å². The Hall–Kier alpha value is -1.70. The standard InChI is InChI=1S/C15H19ClN4O3/c16-12-9-18-3-1-11(12)13(21)19-4-6-20(7-5-19)15(14(17)22)2-8-23-10-15/h1,3,9H,2,4-8,10H2,(H2,17,22). The van der Waals surface area contributed by atoms with Crippen molar-refractivity contribution in [2.75, 3.05) is 39.4 Å². The average molecular weight is 339 g/mol. The minimum Gasteiger partial charge on any atom is -0.379 e. The Balaban J connectivity index is 1.68. The van der Waals surface area contributed by atoms with E-state index in [1.54, 1.807) is 17.2 Å². The van der Waals surface area contributed by atoms with Gasteiger partial charge in [-0.3, -0.25) is 19.5 Å². The molecule has 0 aliphatic carbocycles. The van der Waals surface area contributed by atoms with Crippen LogP contribution in [0.2, 0.25) is 5.02 Å². The van der Waals surface area contributed by atoms with Crippen LogP contribution in [0.15, 0.2) is 18.5 Å². The first-order chi connectivity index (χ1) is 11.0. The van der Waals surface area contributed by atoms with Crippen molar-refractivity contribution in [2.45, 2.75) is 12.0 Å². The SMILES string of the molecule is NC(=O)C1(N2CCN(C(=O)c3ccncc3Cl)CC2)CCOC1. The maximum Gasteiger partial charge on any atom is 0.255 e. The fourth-order valence-corrected chi connectivity index (χ4v) is 3.41. The highest BCUT2D eigenvalue weighted by Crippen LogP contribution is 2.28. The van der Waals surface area contributed by atoms with E-state index >= 15 is 0 Å². The first kappa shape index (κ1) is 16.2. The molecule has 2 fully saturated rings. The first-order valence-electron chi connectivity index (χ1n) is 7.56. The quantitative estimate of drug-likeness (QED) is 0.846. The Labute approximate surface area is 139 Å². The van der Waals surface area contributed by atoms with Crippen LogP contribution in [0.5, 0.6) is 0 Å². The van der Waals surface area contributed by atoms with Crippen LogP contribution in [0.3, 0.4) is 0 Å². The Kier molecular flexibility index (Phi) is 4.52. The number of piperazine rings is 1. The predicted molar refractivity (Wildman–Crippen MR) is 84.1 cm³/mol. The fraction of sp³-hybridized carbons (Fsp3) is 0.533. The zero-order valence-corrected chi connectivity index (χ0v) is 13.5. The second-order valence-electron chi connectivity index (χ2n) is 5.83. The molecule has 0 bridgehead atoms. The van der Waals surface area contributed by atoms with E-state index in [-0.39, 0.29) is 11.8 Å². The molecule has 1 atom stereocenters. The molecule has 1 unspecified atom stereocenters. The van der Waals surface area contributed by atoms with Gasteiger partial charge in [0.2, 0.25) is 5.91 Å². The second kappa shape index (κ2) is 6.43. The number of halogens is 1. The van der Waals surface area contributed by atoms with Gasteiger partial charge in [-0.25, -0.2) is 0 Å². The molecule has 0 aromatic carbocycles. The third kappa shape index (κ3) is 2.91. The number of nitrogens with two attached hydrogens (primary N) is 1. The molecule has 2 N–H and O–H groups in total. The number of rotatable bonds is 3. The summed E-state index contributed by atoms with van der Waals surface area (Å²) in [4.78, 5) is 32.1. The molecule has 124 valence electrons. The Morgan fingerprint density at radius 2 is 2.04 bits per heavy atom. The summed E-state index contributed by atoms with van der Waals surface area (Å²) in [7, 11) is 0. The average Bonchev–Trinajstić information content (AvgIpc) is 3.06. The number of hydrogen-bond donors (Lipinski definition) is 1. The molecule has 3 rings (SSSR count). The van der Waals surface area contributed by atoms with E-state index in [1.165, 1.54) is 6.20 Å². The van der Waals surface area contributed by atoms with Crippen molar-refractivity contribution in [2.24, 2.45) is 5.73 Å². The summed E-state index contributed by atoms with van der Waals surface area (Å²) in [5.74, 6) is -0.472. The first-order valence-corrected chi connectivity index (χ1v) is 7.94. The van der Waals surface area contributed by atoms with Gasteiger partial charge in [0, 0.05) is 51.6 Å². The number of ether oxygens (including phenoxy) is 1. The molecular formula is C15H19ClN4O3. The van der Waals surface area contributed by atoms with Gasteiger partial charge in [-0.1, -0.05) is 11.6 Å². The number of carbonyl (C=O) groups excluding carboxylic acids is 2. The van der Waals surface area contributed by atoms with Crippen molar-refractivity contribution in [1.82, 2.24) is 14.8 Å². The van der Waals surface area contributed by atoms with E-state index in [2.05, 4.69) is 4.98 Å². The van der Waals surface area contributed by atoms with Crippen molar-refractivity contribution in [3.8, 4) is 0 Å². The summed E-state index contributed by atoms with van der Waals surface area (Å²) in [5.41, 5.74) is 5.32. The summed E-state index contributed by atoms with van der Waals surface area (Å²) in [6.07, 6.45) is 3.61. The van der Waals surface area contributed by atoms with Crippen LogP contribution in [0.25, 0.3) is 0 Å². The molecule has 0 saturated carbocycles. The molecule has 2 aliphatic heterocycles. The molecule has 8 heteroatoms. The van der Waals surface area contributed by atoms with Crippen LogP contribution in [0, 0.1) is 0 Å². The second-order valence-corrected chi connectivity index (χ2v) is 6.24. The lowest BCUT2D eigenvalue weighted by Crippen LogP contribution is -2.63. The summed E-state index contributed by atoms with van der Waals surface area (Å²) < 4.78 is 5.39. The molecule has 2 aliphatic rings. The largest absolute Gasteiger partial charge is 0.379 e. The van der Waals surface area contributed by atoms with E-state index in [4.69, 9.17) is 22.1 Å². The van der Waals surface area contributed by atoms with Crippen molar-refractivity contribution < 1.29 is 14.3 Å². The summed E-state index contributed by atoms with van der Waals surface area (Å²) >= 11 is 6.04. The minimum atomic E-state index is -0.733. The van der Waals surface area contributed by atoms with Crippen molar-refractivity contribution in [3.63, 3.8) is 0 Å². The molecule has 0 radical (unpaired) electrons. The van der Waals surface area contributed by atoms with Gasteiger partial charge in [0.15, 0.2) is 0 Å². The number of nitrogens with zero attached hydrogens (tertiary/aromatic N) is 3. The fourth-order valence-electron chi connectivity index (χ4n) is 3.21. The number of aromatic nitrogens is 1. The highest BCUT2D eigenvalue weighted by Gasteiger charge is 2.47. The van der Waals surface area contributed by atoms with E-state index in [0.29, 0.717) is 56.4 Å². The maximum absolute atomic E-state index is 12.5. The van der Waals surface area contributed by atoms with Crippen LogP contribution in [0.4, 0.5) is 0 Å². The van der Waals surface area contributed by atoms with Crippen molar-refractivity contribution in [3.05, 3.63) is 29.0 Å². The van der Waals surface area contributed by atoms with E-state index in [9.17, 15) is 9.59 Å². The Bertz CT molecular complexity index is 610. The number of carbonyl (C=O) groups is 2. The lowest BCUT2D eigenvalue weighted by Gasteiger charge is -2.43. The van der Waals surface area contributed by atoms with Crippen LogP contribution >= 0.6 is 11.6 Å². The zero-order valence-electron chi connectivity index (χ0n) is 12.7. The summed E-state index contributed by atoms with van der Waals surface area (Å²) in [6.45, 7) is 3.07. The van der Waals surface area contributed by atoms with Gasteiger partial charge in [-0.2, -0.15) is 0 Å². The van der Waals surface area contributed by atoms with Gasteiger partial charge in [-0.05, 0) is 6.07 Å². The monoisotopic (exact) mass is 338 g/mol. The zero-order chi connectivity index (χ0) is 16.4. The number of hydrogen-bond acceptors (Lipinski definition) is 5. The maximum atomic E-state index is 12.5. The molecular weight excluding hydrogens is 320 g/mol. The van der Waals surface area contributed by atoms with Gasteiger partial charge in [0.05, 0.1) is 17.2 Å². The van der Waals surface area contributed by atoms with Gasteiger partial charge in [-0.15, -0.1) is 0 Å². The highest BCUT2D eigenvalue weighted by molar-refractivity contribution is 6.33. The van der Waals surface area contributed by atoms with E-state index in [1.807, 2.05) is 4.90 Å². The lowest BCUT2D eigenvalue weighted by atomic mass is 9.94. The van der Waals surface area contributed by atoms with Crippen LogP contribution in [-0.4, -0.2) is 71.5 Å². The van der Waals surface area contributed by atoms with Gasteiger partial charge < -0.3 is 15.4 Å². The Morgan fingerprint density at radius 3 is 2.61 bits per heavy atom.